The highest BCUT2D eigenvalue weighted by molar-refractivity contribution is 7.09. The van der Waals surface area contributed by atoms with Gasteiger partial charge in [-0.3, -0.25) is 0 Å². The first-order valence-electron chi connectivity index (χ1n) is 6.04. The van der Waals surface area contributed by atoms with Crippen molar-refractivity contribution < 1.29 is 0 Å². The van der Waals surface area contributed by atoms with E-state index in [2.05, 4.69) is 14.3 Å². The average Bonchev–Trinajstić information content (AvgIpc) is 3.07. The van der Waals surface area contributed by atoms with E-state index in [1.165, 1.54) is 32.1 Å². The van der Waals surface area contributed by atoms with E-state index < -0.39 is 0 Å². The van der Waals surface area contributed by atoms with Crippen LogP contribution in [0, 0.1) is 0 Å². The van der Waals surface area contributed by atoms with Gasteiger partial charge in [0.1, 0.15) is 5.82 Å². The molecule has 2 heterocycles. The molecule has 2 fully saturated rings. The summed E-state index contributed by atoms with van der Waals surface area (Å²) in [6.07, 6.45) is 6.29. The van der Waals surface area contributed by atoms with Gasteiger partial charge in [0.25, 0.3) is 0 Å². The van der Waals surface area contributed by atoms with E-state index in [9.17, 15) is 0 Å². The molecule has 1 aliphatic carbocycles. The minimum Gasteiger partial charge on any atom is -0.343 e. The standard InChI is InChI=1S/C11H16ClN3S/c12-7-9-3-1-2-6-15(9)11-13-10(14-16-11)8-4-5-8/h8-9H,1-7H2. The molecular weight excluding hydrogens is 242 g/mol. The van der Waals surface area contributed by atoms with Crippen LogP contribution in [-0.4, -0.2) is 27.8 Å². The van der Waals surface area contributed by atoms with Crippen molar-refractivity contribution in [1.29, 1.82) is 0 Å². The maximum absolute atomic E-state index is 6.02. The van der Waals surface area contributed by atoms with Crippen LogP contribution in [-0.2, 0) is 0 Å². The second-order valence-corrected chi connectivity index (χ2v) is 5.75. The molecule has 0 bridgehead atoms. The van der Waals surface area contributed by atoms with Crippen molar-refractivity contribution in [2.24, 2.45) is 0 Å². The summed E-state index contributed by atoms with van der Waals surface area (Å²) in [7, 11) is 0. The highest BCUT2D eigenvalue weighted by atomic mass is 35.5. The van der Waals surface area contributed by atoms with E-state index in [1.54, 1.807) is 11.5 Å². The van der Waals surface area contributed by atoms with Crippen LogP contribution >= 0.6 is 23.1 Å². The molecule has 1 saturated carbocycles. The first-order chi connectivity index (χ1) is 7.88. The molecule has 1 saturated heterocycles. The Bertz CT molecular complexity index is 364. The van der Waals surface area contributed by atoms with E-state index in [4.69, 9.17) is 11.6 Å². The molecule has 0 aromatic carbocycles. The third kappa shape index (κ3) is 2.05. The maximum atomic E-state index is 6.02. The molecule has 5 heteroatoms. The van der Waals surface area contributed by atoms with Crippen LogP contribution in [0.3, 0.4) is 0 Å². The zero-order valence-corrected chi connectivity index (χ0v) is 10.8. The van der Waals surface area contributed by atoms with Gasteiger partial charge in [0.2, 0.25) is 5.13 Å². The zero-order valence-electron chi connectivity index (χ0n) is 9.23. The molecular formula is C11H16ClN3S. The number of nitrogens with zero attached hydrogens (tertiary/aromatic N) is 3. The van der Waals surface area contributed by atoms with Crippen LogP contribution in [0.1, 0.15) is 43.8 Å². The van der Waals surface area contributed by atoms with Gasteiger partial charge in [-0.2, -0.15) is 4.37 Å². The van der Waals surface area contributed by atoms with Crippen LogP contribution in [0.25, 0.3) is 0 Å². The molecule has 0 radical (unpaired) electrons. The van der Waals surface area contributed by atoms with Crippen molar-refractivity contribution >= 4 is 28.3 Å². The lowest BCUT2D eigenvalue weighted by molar-refractivity contribution is 0.487. The van der Waals surface area contributed by atoms with Crippen molar-refractivity contribution in [3.63, 3.8) is 0 Å². The van der Waals surface area contributed by atoms with Crippen LogP contribution in [0.5, 0.6) is 0 Å². The fraction of sp³-hybridized carbons (Fsp3) is 0.818. The molecule has 3 rings (SSSR count). The predicted molar refractivity (Wildman–Crippen MR) is 67.6 cm³/mol. The van der Waals surface area contributed by atoms with Gasteiger partial charge in [-0.15, -0.1) is 11.6 Å². The Morgan fingerprint density at radius 2 is 2.19 bits per heavy atom. The van der Waals surface area contributed by atoms with Crippen molar-refractivity contribution in [2.45, 2.75) is 44.1 Å². The van der Waals surface area contributed by atoms with E-state index in [1.807, 2.05) is 0 Å². The van der Waals surface area contributed by atoms with Crippen LogP contribution < -0.4 is 4.90 Å². The second kappa shape index (κ2) is 4.49. The number of halogens is 1. The number of alkyl halides is 1. The van der Waals surface area contributed by atoms with E-state index in [0.29, 0.717) is 17.8 Å². The monoisotopic (exact) mass is 257 g/mol. The first kappa shape index (κ1) is 10.8. The van der Waals surface area contributed by atoms with Gasteiger partial charge < -0.3 is 4.90 Å². The Kier molecular flexibility index (Phi) is 3.03. The summed E-state index contributed by atoms with van der Waals surface area (Å²) in [6.45, 7) is 1.09. The normalized spacial score (nSPS) is 26.1. The molecule has 3 nitrogen and oxygen atoms in total. The fourth-order valence-corrected chi connectivity index (χ4v) is 3.43. The topological polar surface area (TPSA) is 29.0 Å². The Morgan fingerprint density at radius 1 is 1.31 bits per heavy atom. The summed E-state index contributed by atoms with van der Waals surface area (Å²) in [4.78, 5) is 7.03. The Labute approximate surface area is 105 Å². The predicted octanol–water partition coefficient (Wildman–Crippen LogP) is 3.01. The van der Waals surface area contributed by atoms with Crippen LogP contribution in [0.15, 0.2) is 0 Å². The lowest BCUT2D eigenvalue weighted by Gasteiger charge is -2.33. The van der Waals surface area contributed by atoms with Crippen molar-refractivity contribution in [2.75, 3.05) is 17.3 Å². The first-order valence-corrected chi connectivity index (χ1v) is 7.35. The fourth-order valence-electron chi connectivity index (χ4n) is 2.26. The largest absolute Gasteiger partial charge is 0.343 e. The number of anilines is 1. The summed E-state index contributed by atoms with van der Waals surface area (Å²) in [5.74, 6) is 2.43. The Hall–Kier alpha value is -0.350. The molecule has 1 atom stereocenters. The molecule has 16 heavy (non-hydrogen) atoms. The number of hydrogen-bond donors (Lipinski definition) is 0. The molecule has 1 unspecified atom stereocenters. The van der Waals surface area contributed by atoms with Gasteiger partial charge in [-0.05, 0) is 32.1 Å². The SMILES string of the molecule is ClCC1CCCCN1c1nc(C2CC2)ns1. The summed E-state index contributed by atoms with van der Waals surface area (Å²) in [5.41, 5.74) is 0. The zero-order chi connectivity index (χ0) is 11.0. The van der Waals surface area contributed by atoms with Crippen LogP contribution in [0.2, 0.25) is 0 Å². The third-order valence-electron chi connectivity index (χ3n) is 3.42. The van der Waals surface area contributed by atoms with E-state index in [0.717, 1.165) is 17.5 Å². The Morgan fingerprint density at radius 3 is 2.94 bits per heavy atom. The van der Waals surface area contributed by atoms with E-state index in [-0.39, 0.29) is 0 Å². The number of aromatic nitrogens is 2. The molecule has 0 amide bonds. The number of piperidine rings is 1. The van der Waals surface area contributed by atoms with Gasteiger partial charge in [0, 0.05) is 35.9 Å². The van der Waals surface area contributed by atoms with Gasteiger partial charge in [-0.1, -0.05) is 0 Å². The molecule has 2 aliphatic rings. The maximum Gasteiger partial charge on any atom is 0.205 e. The van der Waals surface area contributed by atoms with E-state index >= 15 is 0 Å². The van der Waals surface area contributed by atoms with Crippen LogP contribution in [0.4, 0.5) is 5.13 Å². The summed E-state index contributed by atoms with van der Waals surface area (Å²) < 4.78 is 4.47. The third-order valence-corrected chi connectivity index (χ3v) is 4.55. The molecule has 0 N–H and O–H groups in total. The van der Waals surface area contributed by atoms with Gasteiger partial charge in [0.05, 0.1) is 0 Å². The lowest BCUT2D eigenvalue weighted by atomic mass is 10.0. The summed E-state index contributed by atoms with van der Waals surface area (Å²) in [5, 5.41) is 1.09. The smallest absolute Gasteiger partial charge is 0.205 e. The lowest BCUT2D eigenvalue weighted by Crippen LogP contribution is -2.40. The average molecular weight is 258 g/mol. The van der Waals surface area contributed by atoms with Crippen molar-refractivity contribution in [1.82, 2.24) is 9.36 Å². The van der Waals surface area contributed by atoms with Crippen molar-refractivity contribution in [3.8, 4) is 0 Å². The molecule has 1 aromatic rings. The quantitative estimate of drug-likeness (QED) is 0.780. The van der Waals surface area contributed by atoms with Gasteiger partial charge in [0.15, 0.2) is 0 Å². The molecule has 88 valence electrons. The highest BCUT2D eigenvalue weighted by Gasteiger charge is 2.30. The minimum atomic E-state index is 0.468. The van der Waals surface area contributed by atoms with Gasteiger partial charge in [-0.25, -0.2) is 4.98 Å². The molecule has 1 aliphatic heterocycles. The number of rotatable bonds is 3. The Balaban J connectivity index is 1.77. The second-order valence-electron chi connectivity index (χ2n) is 4.71. The highest BCUT2D eigenvalue weighted by Crippen LogP contribution is 2.40. The minimum absolute atomic E-state index is 0.468. The summed E-state index contributed by atoms with van der Waals surface area (Å²) in [6, 6.07) is 0.468. The molecule has 1 aromatic heterocycles. The summed E-state index contributed by atoms with van der Waals surface area (Å²) >= 11 is 7.57. The van der Waals surface area contributed by atoms with Gasteiger partial charge >= 0.3 is 0 Å². The van der Waals surface area contributed by atoms with Crippen molar-refractivity contribution in [3.05, 3.63) is 5.82 Å². The molecule has 0 spiro atoms. The number of hydrogen-bond acceptors (Lipinski definition) is 4.